The van der Waals surface area contributed by atoms with Crippen LogP contribution in [0.2, 0.25) is 0 Å². The van der Waals surface area contributed by atoms with Crippen LogP contribution in [0.5, 0.6) is 0 Å². The standard InChI is InChI=1S/C50H33NO/c1-2-13-36(14-3-1)43-19-8-9-21-46(43)51(47-22-11-23-48-49(47)45-31-28-37-15-6-7-20-44(37)50(45)52-48)42-29-26-35(27-30-42)39-17-10-18-40(32-39)41-25-24-34-12-4-5-16-38(34)33-41/h1-33H/i8D,9D,19D,21D,26D,27D,29D,30D. The molecular weight excluding hydrogens is 631 g/mol. The normalized spacial score (nSPS) is 13.6. The Hall–Kier alpha value is -6.90. The van der Waals surface area contributed by atoms with E-state index in [2.05, 4.69) is 6.07 Å². The van der Waals surface area contributed by atoms with Gasteiger partial charge in [0.2, 0.25) is 0 Å². The third kappa shape index (κ3) is 5.12. The number of nitrogens with zero attached hydrogens (tertiary/aromatic N) is 1. The van der Waals surface area contributed by atoms with E-state index in [1.165, 1.54) is 4.90 Å². The van der Waals surface area contributed by atoms with Crippen molar-refractivity contribution < 1.29 is 15.4 Å². The molecule has 0 saturated carbocycles. The van der Waals surface area contributed by atoms with Gasteiger partial charge in [0.15, 0.2) is 0 Å². The molecule has 0 radical (unpaired) electrons. The van der Waals surface area contributed by atoms with Crippen molar-refractivity contribution in [3.8, 4) is 33.4 Å². The summed E-state index contributed by atoms with van der Waals surface area (Å²) in [7, 11) is 0. The van der Waals surface area contributed by atoms with Crippen LogP contribution in [0.4, 0.5) is 17.1 Å². The van der Waals surface area contributed by atoms with Gasteiger partial charge in [0.05, 0.1) is 27.7 Å². The predicted octanol–water partition coefficient (Wildman–Crippen LogP) is 14.4. The largest absolute Gasteiger partial charge is 0.455 e. The maximum absolute atomic E-state index is 9.75. The third-order valence-corrected chi connectivity index (χ3v) is 9.63. The van der Waals surface area contributed by atoms with Crippen LogP contribution >= 0.6 is 0 Å². The highest BCUT2D eigenvalue weighted by Gasteiger charge is 2.22. The fourth-order valence-electron chi connectivity index (χ4n) is 7.15. The molecule has 0 atom stereocenters. The van der Waals surface area contributed by atoms with Crippen molar-refractivity contribution >= 4 is 60.5 Å². The van der Waals surface area contributed by atoms with Gasteiger partial charge >= 0.3 is 0 Å². The van der Waals surface area contributed by atoms with E-state index >= 15 is 0 Å². The van der Waals surface area contributed by atoms with E-state index in [4.69, 9.17) is 7.16 Å². The van der Waals surface area contributed by atoms with Crippen molar-refractivity contribution in [2.45, 2.75) is 0 Å². The highest BCUT2D eigenvalue weighted by Crippen LogP contribution is 2.47. The molecule has 9 aromatic carbocycles. The lowest BCUT2D eigenvalue weighted by molar-refractivity contribution is 0.672. The summed E-state index contributed by atoms with van der Waals surface area (Å²) in [6.07, 6.45) is 0. The summed E-state index contributed by atoms with van der Waals surface area (Å²) in [4.78, 5) is 1.47. The van der Waals surface area contributed by atoms with E-state index in [0.717, 1.165) is 32.7 Å². The average Bonchev–Trinajstić information content (AvgIpc) is 3.68. The van der Waals surface area contributed by atoms with Gasteiger partial charge in [-0.25, -0.2) is 0 Å². The molecule has 52 heavy (non-hydrogen) atoms. The third-order valence-electron chi connectivity index (χ3n) is 9.63. The molecule has 2 heteroatoms. The fourth-order valence-corrected chi connectivity index (χ4v) is 7.15. The molecule has 10 aromatic rings. The molecule has 1 heterocycles. The number of fused-ring (bicyclic) bond motifs is 6. The maximum atomic E-state index is 9.75. The molecule has 0 N–H and O–H groups in total. The van der Waals surface area contributed by atoms with Crippen molar-refractivity contribution in [2.24, 2.45) is 0 Å². The minimum absolute atomic E-state index is 0.0262. The summed E-state index contributed by atoms with van der Waals surface area (Å²) < 4.78 is 81.6. The summed E-state index contributed by atoms with van der Waals surface area (Å²) in [6.45, 7) is 0. The average molecular weight is 672 g/mol. The Balaban J connectivity index is 1.27. The van der Waals surface area contributed by atoms with Crippen LogP contribution in [0.1, 0.15) is 11.0 Å². The Morgan fingerprint density at radius 1 is 0.423 bits per heavy atom. The Morgan fingerprint density at radius 2 is 1.10 bits per heavy atom. The zero-order valence-corrected chi connectivity index (χ0v) is 27.8. The van der Waals surface area contributed by atoms with Crippen molar-refractivity contribution in [1.29, 1.82) is 0 Å². The second kappa shape index (κ2) is 12.5. The molecule has 244 valence electrons. The Kier molecular flexibility index (Phi) is 5.45. The number of hydrogen-bond donors (Lipinski definition) is 0. The van der Waals surface area contributed by atoms with Crippen molar-refractivity contribution in [3.05, 3.63) is 200 Å². The highest BCUT2D eigenvalue weighted by molar-refractivity contribution is 6.19. The fraction of sp³-hybridized carbons (Fsp3) is 0. The monoisotopic (exact) mass is 671 g/mol. The quantitative estimate of drug-likeness (QED) is 0.175. The summed E-state index contributed by atoms with van der Waals surface area (Å²) >= 11 is 0. The van der Waals surface area contributed by atoms with Gasteiger partial charge in [0, 0.05) is 22.0 Å². The molecular formula is C50H33NO. The van der Waals surface area contributed by atoms with E-state index in [-0.39, 0.29) is 52.7 Å². The summed E-state index contributed by atoms with van der Waals surface area (Å²) in [5.41, 5.74) is 4.25. The van der Waals surface area contributed by atoms with Gasteiger partial charge in [-0.3, -0.25) is 0 Å². The van der Waals surface area contributed by atoms with Crippen LogP contribution in [-0.4, -0.2) is 0 Å². The number of para-hydroxylation sites is 1. The van der Waals surface area contributed by atoms with E-state index in [1.54, 1.807) is 42.5 Å². The molecule has 0 saturated heterocycles. The molecule has 10 rings (SSSR count). The smallest absolute Gasteiger partial charge is 0.143 e. The first-order valence-electron chi connectivity index (χ1n) is 21.1. The van der Waals surface area contributed by atoms with Crippen LogP contribution < -0.4 is 4.90 Å². The van der Waals surface area contributed by atoms with Crippen molar-refractivity contribution in [1.82, 2.24) is 0 Å². The lowest BCUT2D eigenvalue weighted by Gasteiger charge is -2.28. The predicted molar refractivity (Wildman–Crippen MR) is 220 cm³/mol. The number of benzene rings is 9. The van der Waals surface area contributed by atoms with E-state index < -0.39 is 18.1 Å². The molecule has 0 amide bonds. The number of anilines is 3. The number of rotatable bonds is 6. The molecule has 0 aliphatic rings. The van der Waals surface area contributed by atoms with Crippen LogP contribution in [0.25, 0.3) is 76.9 Å². The van der Waals surface area contributed by atoms with Gasteiger partial charge < -0.3 is 9.32 Å². The molecule has 0 fully saturated rings. The second-order valence-corrected chi connectivity index (χ2v) is 12.7. The topological polar surface area (TPSA) is 16.4 Å². The first kappa shape index (κ1) is 22.7. The SMILES string of the molecule is [2H]c1c([2H])c([2H])c(N(c2c([2H])c([2H])c(-c3cccc(-c4ccc5ccccc5c4)c3)c([2H])c2[2H])c2cccc3oc4c5ccccc5ccc4c23)c(-c2ccccc2)c1[2H]. The molecule has 1 aromatic heterocycles. The van der Waals surface area contributed by atoms with Crippen molar-refractivity contribution in [2.75, 3.05) is 4.90 Å². The minimum Gasteiger partial charge on any atom is -0.455 e. The first-order chi connectivity index (χ1) is 29.1. The lowest BCUT2D eigenvalue weighted by atomic mass is 9.97. The van der Waals surface area contributed by atoms with Gasteiger partial charge in [-0.2, -0.15) is 0 Å². The molecule has 0 unspecified atom stereocenters. The van der Waals surface area contributed by atoms with Gasteiger partial charge in [-0.1, -0.05) is 152 Å². The van der Waals surface area contributed by atoms with Crippen LogP contribution in [0.3, 0.4) is 0 Å². The molecule has 0 aliphatic heterocycles. The maximum Gasteiger partial charge on any atom is 0.143 e. The zero-order chi connectivity index (χ0) is 41.4. The van der Waals surface area contributed by atoms with Crippen LogP contribution in [-0.2, 0) is 0 Å². The van der Waals surface area contributed by atoms with E-state index in [0.29, 0.717) is 38.8 Å². The number of hydrogen-bond acceptors (Lipinski definition) is 2. The molecule has 0 aliphatic carbocycles. The zero-order valence-electron chi connectivity index (χ0n) is 35.8. The van der Waals surface area contributed by atoms with Crippen LogP contribution in [0.15, 0.2) is 204 Å². The molecule has 0 spiro atoms. The van der Waals surface area contributed by atoms with E-state index in [9.17, 15) is 8.22 Å². The highest BCUT2D eigenvalue weighted by atomic mass is 16.3. The summed E-state index contributed by atoms with van der Waals surface area (Å²) in [5.74, 6) is 0. The van der Waals surface area contributed by atoms with E-state index in [1.807, 2.05) is 103 Å². The van der Waals surface area contributed by atoms with Crippen LogP contribution in [0, 0.1) is 0 Å². The summed E-state index contributed by atoms with van der Waals surface area (Å²) in [6, 6.07) is 44.5. The number of furan rings is 1. The molecule has 2 nitrogen and oxygen atoms in total. The Bertz CT molecular complexity index is 3350. The second-order valence-electron chi connectivity index (χ2n) is 12.7. The first-order valence-corrected chi connectivity index (χ1v) is 17.1. The van der Waals surface area contributed by atoms with Crippen molar-refractivity contribution in [3.63, 3.8) is 0 Å². The molecule has 0 bridgehead atoms. The minimum atomic E-state index is -0.507. The van der Waals surface area contributed by atoms with Gasteiger partial charge in [0.25, 0.3) is 0 Å². The summed E-state index contributed by atoms with van der Waals surface area (Å²) in [5, 5.41) is 5.29. The van der Waals surface area contributed by atoms with Gasteiger partial charge in [-0.05, 0) is 92.4 Å². The lowest BCUT2D eigenvalue weighted by Crippen LogP contribution is -2.11. The van der Waals surface area contributed by atoms with Gasteiger partial charge in [-0.15, -0.1) is 0 Å². The van der Waals surface area contributed by atoms with Gasteiger partial charge in [0.1, 0.15) is 11.2 Å². The Morgan fingerprint density at radius 3 is 1.96 bits per heavy atom. The Labute approximate surface area is 313 Å².